The van der Waals surface area contributed by atoms with Crippen LogP contribution in [0.4, 0.5) is 5.82 Å². The molecule has 3 nitrogen and oxygen atoms in total. The highest BCUT2D eigenvalue weighted by atomic mass is 16.5. The van der Waals surface area contributed by atoms with E-state index in [1.165, 1.54) is 5.56 Å². The molecular weight excluding hydrogens is 188 g/mol. The molecule has 0 aromatic carbocycles. The lowest BCUT2D eigenvalue weighted by molar-refractivity contribution is 0.121. The third-order valence-electron chi connectivity index (χ3n) is 2.81. The van der Waals surface area contributed by atoms with Crippen LogP contribution in [0.2, 0.25) is 0 Å². The molecule has 3 heteroatoms. The monoisotopic (exact) mass is 206 g/mol. The molecule has 0 spiro atoms. The van der Waals surface area contributed by atoms with E-state index in [9.17, 15) is 0 Å². The molecule has 1 saturated heterocycles. The average molecular weight is 206 g/mol. The van der Waals surface area contributed by atoms with E-state index in [4.69, 9.17) is 4.74 Å². The van der Waals surface area contributed by atoms with E-state index in [2.05, 4.69) is 36.3 Å². The second kappa shape index (κ2) is 4.19. The van der Waals surface area contributed by atoms with E-state index in [0.717, 1.165) is 24.5 Å². The fraction of sp³-hybridized carbons (Fsp3) is 0.583. The molecule has 1 aliphatic heterocycles. The molecule has 0 bridgehead atoms. The second-order valence-corrected chi connectivity index (χ2v) is 4.29. The summed E-state index contributed by atoms with van der Waals surface area (Å²) in [6.45, 7) is 7.07. The number of nitrogens with zero attached hydrogens (tertiary/aromatic N) is 1. The molecule has 0 radical (unpaired) electrons. The molecule has 2 heterocycles. The number of aromatic nitrogens is 1. The molecule has 2 atom stereocenters. The van der Waals surface area contributed by atoms with E-state index >= 15 is 0 Å². The number of rotatable bonds is 2. The van der Waals surface area contributed by atoms with E-state index < -0.39 is 0 Å². The number of aryl methyl sites for hydroxylation is 2. The predicted octanol–water partition coefficient (Wildman–Crippen LogP) is 2.29. The van der Waals surface area contributed by atoms with Gasteiger partial charge in [0.1, 0.15) is 5.82 Å². The first-order valence-electron chi connectivity index (χ1n) is 5.48. The summed E-state index contributed by atoms with van der Waals surface area (Å²) >= 11 is 0. The van der Waals surface area contributed by atoms with Gasteiger partial charge in [0.2, 0.25) is 0 Å². The van der Waals surface area contributed by atoms with Crippen molar-refractivity contribution in [3.05, 3.63) is 23.4 Å². The summed E-state index contributed by atoms with van der Waals surface area (Å²) in [4.78, 5) is 4.47. The van der Waals surface area contributed by atoms with Gasteiger partial charge in [0.05, 0.1) is 12.1 Å². The number of anilines is 1. The van der Waals surface area contributed by atoms with Crippen molar-refractivity contribution in [1.29, 1.82) is 0 Å². The maximum Gasteiger partial charge on any atom is 0.126 e. The summed E-state index contributed by atoms with van der Waals surface area (Å²) in [7, 11) is 0. The quantitative estimate of drug-likeness (QED) is 0.806. The van der Waals surface area contributed by atoms with Crippen LogP contribution in [-0.2, 0) is 4.74 Å². The van der Waals surface area contributed by atoms with Crippen molar-refractivity contribution < 1.29 is 4.74 Å². The third kappa shape index (κ3) is 2.48. The topological polar surface area (TPSA) is 34.2 Å². The van der Waals surface area contributed by atoms with E-state index in [1.807, 2.05) is 6.92 Å². The summed E-state index contributed by atoms with van der Waals surface area (Å²) in [5, 5.41) is 3.44. The molecule has 1 N–H and O–H groups in total. The molecule has 2 unspecified atom stereocenters. The van der Waals surface area contributed by atoms with Gasteiger partial charge in [-0.25, -0.2) is 4.98 Å². The standard InChI is InChI=1S/C12H18N2O/c1-8-6-9(2)13-12(7-8)14-11-4-5-15-10(11)3/h6-7,10-11H,4-5H2,1-3H3,(H,13,14). The highest BCUT2D eigenvalue weighted by molar-refractivity contribution is 5.40. The lowest BCUT2D eigenvalue weighted by atomic mass is 10.1. The van der Waals surface area contributed by atoms with Crippen molar-refractivity contribution in [2.24, 2.45) is 0 Å². The molecule has 0 aliphatic carbocycles. The molecule has 0 saturated carbocycles. The highest BCUT2D eigenvalue weighted by Crippen LogP contribution is 2.18. The highest BCUT2D eigenvalue weighted by Gasteiger charge is 2.24. The van der Waals surface area contributed by atoms with Gasteiger partial charge in [0, 0.05) is 12.3 Å². The Morgan fingerprint density at radius 3 is 2.80 bits per heavy atom. The summed E-state index contributed by atoms with van der Waals surface area (Å²) in [6, 6.07) is 4.57. The molecule has 1 aromatic rings. The van der Waals surface area contributed by atoms with Gasteiger partial charge in [-0.2, -0.15) is 0 Å². The molecule has 1 aromatic heterocycles. The van der Waals surface area contributed by atoms with Gasteiger partial charge in [-0.3, -0.25) is 0 Å². The Hall–Kier alpha value is -1.09. The zero-order valence-electron chi connectivity index (χ0n) is 9.58. The second-order valence-electron chi connectivity index (χ2n) is 4.29. The van der Waals surface area contributed by atoms with Crippen molar-refractivity contribution in [1.82, 2.24) is 4.98 Å². The zero-order chi connectivity index (χ0) is 10.8. The molecule has 82 valence electrons. The van der Waals surface area contributed by atoms with Gasteiger partial charge in [-0.05, 0) is 44.9 Å². The fourth-order valence-electron chi connectivity index (χ4n) is 2.03. The van der Waals surface area contributed by atoms with Crippen LogP contribution in [0.1, 0.15) is 24.6 Å². The smallest absolute Gasteiger partial charge is 0.126 e. The first-order valence-corrected chi connectivity index (χ1v) is 5.48. The predicted molar refractivity (Wildman–Crippen MR) is 61.2 cm³/mol. The third-order valence-corrected chi connectivity index (χ3v) is 2.81. The van der Waals surface area contributed by atoms with Gasteiger partial charge in [-0.1, -0.05) is 0 Å². The first kappa shape index (κ1) is 10.4. The van der Waals surface area contributed by atoms with Gasteiger partial charge in [0.25, 0.3) is 0 Å². The molecule has 1 aliphatic rings. The van der Waals surface area contributed by atoms with Crippen molar-refractivity contribution in [3.8, 4) is 0 Å². The van der Waals surface area contributed by atoms with E-state index in [-0.39, 0.29) is 6.10 Å². The molecule has 1 fully saturated rings. The SMILES string of the molecule is Cc1cc(C)nc(NC2CCOC2C)c1. The largest absolute Gasteiger partial charge is 0.376 e. The minimum Gasteiger partial charge on any atom is -0.376 e. The van der Waals surface area contributed by atoms with Crippen molar-refractivity contribution >= 4 is 5.82 Å². The fourth-order valence-corrected chi connectivity index (χ4v) is 2.03. The van der Waals surface area contributed by atoms with Gasteiger partial charge < -0.3 is 10.1 Å². The van der Waals surface area contributed by atoms with E-state index in [0.29, 0.717) is 6.04 Å². The van der Waals surface area contributed by atoms with Crippen molar-refractivity contribution in [2.45, 2.75) is 39.3 Å². The number of pyridine rings is 1. The average Bonchev–Trinajstić information content (AvgIpc) is 2.50. The number of hydrogen-bond acceptors (Lipinski definition) is 3. The Morgan fingerprint density at radius 2 is 2.20 bits per heavy atom. The maximum absolute atomic E-state index is 5.51. The molecule has 0 amide bonds. The van der Waals surface area contributed by atoms with Crippen molar-refractivity contribution in [2.75, 3.05) is 11.9 Å². The Morgan fingerprint density at radius 1 is 1.40 bits per heavy atom. The lowest BCUT2D eigenvalue weighted by Crippen LogP contribution is -2.27. The van der Waals surface area contributed by atoms with Gasteiger partial charge in [-0.15, -0.1) is 0 Å². The van der Waals surface area contributed by atoms with Gasteiger partial charge in [0.15, 0.2) is 0 Å². The Labute approximate surface area is 90.9 Å². The minimum absolute atomic E-state index is 0.285. The number of ether oxygens (including phenoxy) is 1. The van der Waals surface area contributed by atoms with Crippen LogP contribution in [0, 0.1) is 13.8 Å². The first-order chi connectivity index (χ1) is 7.15. The molecule has 15 heavy (non-hydrogen) atoms. The zero-order valence-corrected chi connectivity index (χ0v) is 9.58. The maximum atomic E-state index is 5.51. The summed E-state index contributed by atoms with van der Waals surface area (Å²) in [5.74, 6) is 0.967. The Kier molecular flexibility index (Phi) is 2.91. The van der Waals surface area contributed by atoms with Crippen LogP contribution < -0.4 is 5.32 Å². The van der Waals surface area contributed by atoms with Crippen LogP contribution in [0.25, 0.3) is 0 Å². The van der Waals surface area contributed by atoms with Crippen LogP contribution in [0.3, 0.4) is 0 Å². The molecular formula is C12H18N2O. The normalized spacial score (nSPS) is 25.5. The van der Waals surface area contributed by atoms with E-state index in [1.54, 1.807) is 0 Å². The van der Waals surface area contributed by atoms with Crippen LogP contribution in [-0.4, -0.2) is 23.7 Å². The Balaban J connectivity index is 2.10. The lowest BCUT2D eigenvalue weighted by Gasteiger charge is -2.17. The molecule has 2 rings (SSSR count). The van der Waals surface area contributed by atoms with Crippen LogP contribution in [0.15, 0.2) is 12.1 Å². The summed E-state index contributed by atoms with van der Waals surface area (Å²) < 4.78 is 5.51. The van der Waals surface area contributed by atoms with Crippen LogP contribution in [0.5, 0.6) is 0 Å². The number of nitrogens with one attached hydrogen (secondary N) is 1. The van der Waals surface area contributed by atoms with Crippen molar-refractivity contribution in [3.63, 3.8) is 0 Å². The minimum atomic E-state index is 0.285. The Bertz CT molecular complexity index is 331. The van der Waals surface area contributed by atoms with Crippen LogP contribution >= 0.6 is 0 Å². The number of hydrogen-bond donors (Lipinski definition) is 1. The van der Waals surface area contributed by atoms with Gasteiger partial charge >= 0.3 is 0 Å². The summed E-state index contributed by atoms with van der Waals surface area (Å²) in [5.41, 5.74) is 2.31. The summed E-state index contributed by atoms with van der Waals surface area (Å²) in [6.07, 6.45) is 1.35.